The maximum absolute atomic E-state index is 13.2. The van der Waals surface area contributed by atoms with Crippen LogP contribution in [0.4, 0.5) is 5.69 Å². The zero-order chi connectivity index (χ0) is 22.8. The Kier molecular flexibility index (Phi) is 6.81. The van der Waals surface area contributed by atoms with Gasteiger partial charge < -0.3 is 10.6 Å². The van der Waals surface area contributed by atoms with Crippen LogP contribution < -0.4 is 10.6 Å². The molecule has 2 amide bonds. The van der Waals surface area contributed by atoms with Crippen molar-refractivity contribution in [1.29, 1.82) is 0 Å². The third-order valence-electron chi connectivity index (χ3n) is 5.60. The molecule has 166 valence electrons. The molecule has 7 nitrogen and oxygen atoms in total. The van der Waals surface area contributed by atoms with Crippen molar-refractivity contribution >= 4 is 27.5 Å². The van der Waals surface area contributed by atoms with Crippen molar-refractivity contribution in [3.63, 3.8) is 0 Å². The molecule has 31 heavy (non-hydrogen) atoms. The Morgan fingerprint density at radius 2 is 1.61 bits per heavy atom. The highest BCUT2D eigenvalue weighted by atomic mass is 32.2. The average Bonchev–Trinajstić information content (AvgIpc) is 3.20. The summed E-state index contributed by atoms with van der Waals surface area (Å²) in [6, 6.07) is 10.6. The fourth-order valence-corrected chi connectivity index (χ4v) is 5.79. The first-order valence-corrected chi connectivity index (χ1v) is 11.8. The lowest BCUT2D eigenvalue weighted by molar-refractivity contribution is -0.136. The topological polar surface area (TPSA) is 95.6 Å². The minimum Gasteiger partial charge on any atom is -0.346 e. The van der Waals surface area contributed by atoms with Gasteiger partial charge in [0.25, 0.3) is 0 Å². The highest BCUT2D eigenvalue weighted by Gasteiger charge is 2.36. The van der Waals surface area contributed by atoms with Gasteiger partial charge in [0.1, 0.15) is 0 Å². The van der Waals surface area contributed by atoms with E-state index in [-0.39, 0.29) is 12.6 Å². The van der Waals surface area contributed by atoms with Crippen molar-refractivity contribution < 1.29 is 18.0 Å². The Balaban J connectivity index is 1.67. The molecule has 1 heterocycles. The standard InChI is InChI=1S/C23H29N3O4S/c1-15-7-9-17(3)20(12-15)25-23(28)22(27)24-14-19-6-5-11-26(19)31(29,30)21-13-16(2)8-10-18(21)4/h7-10,12-13,19H,5-6,11,14H2,1-4H3,(H,24,27)(H,25,28)/t19-/m1/s1. The van der Waals surface area contributed by atoms with Crippen molar-refractivity contribution in [2.45, 2.75) is 51.5 Å². The second-order valence-corrected chi connectivity index (χ2v) is 10.0. The van der Waals surface area contributed by atoms with Gasteiger partial charge in [-0.3, -0.25) is 9.59 Å². The lowest BCUT2D eigenvalue weighted by Crippen LogP contribution is -2.45. The first-order chi connectivity index (χ1) is 14.6. The van der Waals surface area contributed by atoms with Crippen LogP contribution in [0.25, 0.3) is 0 Å². The molecular weight excluding hydrogens is 414 g/mol. The van der Waals surface area contributed by atoms with Crippen molar-refractivity contribution in [3.05, 3.63) is 58.7 Å². The molecule has 1 fully saturated rings. The molecule has 2 aromatic rings. The van der Waals surface area contributed by atoms with E-state index in [4.69, 9.17) is 0 Å². The highest BCUT2D eigenvalue weighted by Crippen LogP contribution is 2.28. The minimum atomic E-state index is -3.69. The number of sulfonamides is 1. The molecule has 8 heteroatoms. The van der Waals surface area contributed by atoms with Gasteiger partial charge >= 0.3 is 11.8 Å². The lowest BCUT2D eigenvalue weighted by Gasteiger charge is -2.25. The van der Waals surface area contributed by atoms with Gasteiger partial charge in [0.15, 0.2) is 0 Å². The van der Waals surface area contributed by atoms with Gasteiger partial charge in [0.2, 0.25) is 10.0 Å². The van der Waals surface area contributed by atoms with Crippen molar-refractivity contribution in [1.82, 2.24) is 9.62 Å². The van der Waals surface area contributed by atoms with Crippen LogP contribution in [0.3, 0.4) is 0 Å². The van der Waals surface area contributed by atoms with Crippen LogP contribution in [-0.4, -0.2) is 43.7 Å². The van der Waals surface area contributed by atoms with Gasteiger partial charge in [-0.15, -0.1) is 0 Å². The summed E-state index contributed by atoms with van der Waals surface area (Å²) in [5.74, 6) is -1.55. The molecule has 1 atom stereocenters. The van der Waals surface area contributed by atoms with Crippen LogP contribution in [-0.2, 0) is 19.6 Å². The Morgan fingerprint density at radius 1 is 0.968 bits per heavy atom. The summed E-state index contributed by atoms with van der Waals surface area (Å²) >= 11 is 0. The molecule has 0 radical (unpaired) electrons. The molecule has 0 saturated carbocycles. The van der Waals surface area contributed by atoms with Gasteiger partial charge in [-0.1, -0.05) is 24.3 Å². The van der Waals surface area contributed by atoms with Crippen LogP contribution in [0.2, 0.25) is 0 Å². The molecule has 0 aromatic heterocycles. The molecule has 2 aromatic carbocycles. The van der Waals surface area contributed by atoms with Crippen molar-refractivity contribution in [2.75, 3.05) is 18.4 Å². The van der Waals surface area contributed by atoms with Crippen molar-refractivity contribution in [2.24, 2.45) is 0 Å². The number of aryl methyl sites for hydroxylation is 4. The number of benzene rings is 2. The zero-order valence-electron chi connectivity index (χ0n) is 18.4. The molecule has 0 bridgehead atoms. The smallest absolute Gasteiger partial charge is 0.313 e. The van der Waals surface area contributed by atoms with Gasteiger partial charge in [-0.2, -0.15) is 4.31 Å². The quantitative estimate of drug-likeness (QED) is 0.695. The molecule has 0 spiro atoms. The van der Waals surface area contributed by atoms with E-state index in [2.05, 4.69) is 10.6 Å². The van der Waals surface area contributed by atoms with E-state index in [1.807, 2.05) is 39.0 Å². The summed E-state index contributed by atoms with van der Waals surface area (Å²) < 4.78 is 27.9. The maximum atomic E-state index is 13.2. The number of nitrogens with one attached hydrogen (secondary N) is 2. The van der Waals surface area contributed by atoms with Crippen LogP contribution in [0.15, 0.2) is 41.3 Å². The molecule has 1 aliphatic heterocycles. The van der Waals surface area contributed by atoms with E-state index >= 15 is 0 Å². The van der Waals surface area contributed by atoms with Gasteiger partial charge in [-0.05, 0) is 74.9 Å². The number of carbonyl (C=O) groups excluding carboxylic acids is 2. The number of carbonyl (C=O) groups is 2. The van der Waals surface area contributed by atoms with Gasteiger partial charge in [0.05, 0.1) is 4.90 Å². The van der Waals surface area contributed by atoms with Crippen LogP contribution in [0, 0.1) is 27.7 Å². The molecular formula is C23H29N3O4S. The summed E-state index contributed by atoms with van der Waals surface area (Å²) in [7, 11) is -3.69. The Hall–Kier alpha value is -2.71. The van der Waals surface area contributed by atoms with Gasteiger partial charge in [-0.25, -0.2) is 8.42 Å². The summed E-state index contributed by atoms with van der Waals surface area (Å²) in [5, 5.41) is 5.23. The molecule has 3 rings (SSSR count). The van der Waals surface area contributed by atoms with Crippen LogP contribution in [0.1, 0.15) is 35.1 Å². The third kappa shape index (κ3) is 5.14. The second-order valence-electron chi connectivity index (χ2n) is 8.16. The number of nitrogens with zero attached hydrogens (tertiary/aromatic N) is 1. The minimum absolute atomic E-state index is 0.0865. The first-order valence-electron chi connectivity index (χ1n) is 10.3. The lowest BCUT2D eigenvalue weighted by atomic mass is 10.1. The zero-order valence-corrected chi connectivity index (χ0v) is 19.2. The molecule has 1 aliphatic rings. The molecule has 0 aliphatic carbocycles. The maximum Gasteiger partial charge on any atom is 0.313 e. The molecule has 0 unspecified atom stereocenters. The number of hydrogen-bond acceptors (Lipinski definition) is 4. The highest BCUT2D eigenvalue weighted by molar-refractivity contribution is 7.89. The largest absolute Gasteiger partial charge is 0.346 e. The predicted octanol–water partition coefficient (Wildman–Crippen LogP) is 2.83. The van der Waals surface area contributed by atoms with E-state index in [0.717, 1.165) is 16.7 Å². The summed E-state index contributed by atoms with van der Waals surface area (Å²) in [6.07, 6.45) is 1.34. The van der Waals surface area contributed by atoms with E-state index in [0.29, 0.717) is 35.5 Å². The van der Waals surface area contributed by atoms with Gasteiger partial charge in [0, 0.05) is 24.8 Å². The van der Waals surface area contributed by atoms with E-state index in [9.17, 15) is 18.0 Å². The number of anilines is 1. The van der Waals surface area contributed by atoms with E-state index in [1.54, 1.807) is 25.1 Å². The predicted molar refractivity (Wildman–Crippen MR) is 120 cm³/mol. The average molecular weight is 444 g/mol. The van der Waals surface area contributed by atoms with E-state index < -0.39 is 21.8 Å². The molecule has 1 saturated heterocycles. The second kappa shape index (κ2) is 9.20. The number of rotatable bonds is 5. The summed E-state index contributed by atoms with van der Waals surface area (Å²) in [5.41, 5.74) is 3.97. The monoisotopic (exact) mass is 443 g/mol. The molecule has 2 N–H and O–H groups in total. The fourth-order valence-electron chi connectivity index (χ4n) is 3.78. The van der Waals surface area contributed by atoms with Crippen LogP contribution >= 0.6 is 0 Å². The normalized spacial score (nSPS) is 16.8. The van der Waals surface area contributed by atoms with Crippen LogP contribution in [0.5, 0.6) is 0 Å². The number of hydrogen-bond donors (Lipinski definition) is 2. The Bertz CT molecular complexity index is 1110. The third-order valence-corrected chi connectivity index (χ3v) is 7.69. The number of amides is 2. The Labute approximate surface area is 183 Å². The Morgan fingerprint density at radius 3 is 2.32 bits per heavy atom. The van der Waals surface area contributed by atoms with Crippen molar-refractivity contribution in [3.8, 4) is 0 Å². The van der Waals surface area contributed by atoms with E-state index in [1.165, 1.54) is 4.31 Å². The fraction of sp³-hybridized carbons (Fsp3) is 0.391. The first kappa shape index (κ1) is 23.0. The summed E-state index contributed by atoms with van der Waals surface area (Å²) in [4.78, 5) is 24.9. The summed E-state index contributed by atoms with van der Waals surface area (Å²) in [6.45, 7) is 7.86. The SMILES string of the molecule is Cc1ccc(C)c(NC(=O)C(=O)NC[C@H]2CCCN2S(=O)(=O)c2cc(C)ccc2C)c1.